The molecule has 0 aliphatic heterocycles. The molecule has 0 fully saturated rings. The van der Waals surface area contributed by atoms with Crippen molar-refractivity contribution in [1.82, 2.24) is 20.1 Å². The van der Waals surface area contributed by atoms with Crippen molar-refractivity contribution in [2.45, 2.75) is 45.9 Å². The first-order valence-corrected chi connectivity index (χ1v) is 8.55. The van der Waals surface area contributed by atoms with Crippen LogP contribution in [0.15, 0.2) is 35.1 Å². The highest BCUT2D eigenvalue weighted by Crippen LogP contribution is 2.25. The largest absolute Gasteiger partial charge is 0.444 e. The second-order valence-corrected chi connectivity index (χ2v) is 7.31. The van der Waals surface area contributed by atoms with Gasteiger partial charge in [-0.1, -0.05) is 0 Å². The molecule has 8 heteroatoms. The van der Waals surface area contributed by atoms with Crippen LogP contribution in [0.1, 0.15) is 45.1 Å². The number of halogens is 2. The minimum atomic E-state index is -0.677. The van der Waals surface area contributed by atoms with Gasteiger partial charge in [-0.05, 0) is 67.9 Å². The third-order valence-corrected chi connectivity index (χ3v) is 3.72. The van der Waals surface area contributed by atoms with Crippen LogP contribution in [-0.4, -0.2) is 31.8 Å². The summed E-state index contributed by atoms with van der Waals surface area (Å²) < 4.78 is 20.2. The van der Waals surface area contributed by atoms with Crippen LogP contribution in [0.3, 0.4) is 0 Å². The molecule has 2 heterocycles. The maximum atomic E-state index is 14.1. The average Bonchev–Trinajstić information content (AvgIpc) is 2.52. The fourth-order valence-corrected chi connectivity index (χ4v) is 2.35. The van der Waals surface area contributed by atoms with E-state index in [2.05, 4.69) is 31.1 Å². The summed E-state index contributed by atoms with van der Waals surface area (Å²) >= 11 is 3.22. The topological polar surface area (TPSA) is 68.2 Å². The molecule has 0 aliphatic carbocycles. The highest BCUT2D eigenvalue weighted by Gasteiger charge is 2.29. The van der Waals surface area contributed by atoms with E-state index in [4.69, 9.17) is 4.74 Å². The minimum Gasteiger partial charge on any atom is -0.444 e. The Kier molecular flexibility index (Phi) is 6.05. The minimum absolute atomic E-state index is 0.117. The van der Waals surface area contributed by atoms with Gasteiger partial charge in [0.1, 0.15) is 16.0 Å². The number of pyridine rings is 1. The maximum absolute atomic E-state index is 14.1. The summed E-state index contributed by atoms with van der Waals surface area (Å²) in [5.74, 6) is -0.481. The number of carbonyl (C=O) groups excluding carboxylic acids is 1. The first-order valence-electron chi connectivity index (χ1n) is 7.75. The van der Waals surface area contributed by atoms with Crippen LogP contribution in [0.5, 0.6) is 0 Å². The summed E-state index contributed by atoms with van der Waals surface area (Å²) in [6.07, 6.45) is 0.913. The van der Waals surface area contributed by atoms with Gasteiger partial charge in [0.05, 0.1) is 24.0 Å². The summed E-state index contributed by atoms with van der Waals surface area (Å²) in [6.45, 7) is 7.13. The predicted molar refractivity (Wildman–Crippen MR) is 94.1 cm³/mol. The lowest BCUT2D eigenvalue weighted by Gasteiger charge is -2.31. The first-order chi connectivity index (χ1) is 11.7. The molecule has 6 nitrogen and oxygen atoms in total. The number of carbonyl (C=O) groups is 1. The van der Waals surface area contributed by atoms with Crippen LogP contribution in [0.4, 0.5) is 9.18 Å². The fourth-order valence-electron chi connectivity index (χ4n) is 2.14. The van der Waals surface area contributed by atoms with E-state index in [1.165, 1.54) is 23.2 Å². The maximum Gasteiger partial charge on any atom is 0.411 e. The van der Waals surface area contributed by atoms with Crippen molar-refractivity contribution < 1.29 is 13.9 Å². The third kappa shape index (κ3) is 5.45. The van der Waals surface area contributed by atoms with Gasteiger partial charge in [-0.25, -0.2) is 9.18 Å². The average molecular weight is 411 g/mol. The lowest BCUT2D eigenvalue weighted by atomic mass is 10.1. The Morgan fingerprint density at radius 3 is 2.60 bits per heavy atom. The Morgan fingerprint density at radius 1 is 1.32 bits per heavy atom. The molecule has 0 saturated heterocycles. The number of aromatic nitrogens is 3. The van der Waals surface area contributed by atoms with Gasteiger partial charge in [0, 0.05) is 6.20 Å². The summed E-state index contributed by atoms with van der Waals surface area (Å²) in [6, 6.07) is 5.63. The van der Waals surface area contributed by atoms with Gasteiger partial charge >= 0.3 is 6.09 Å². The van der Waals surface area contributed by atoms with Gasteiger partial charge in [-0.3, -0.25) is 9.88 Å². The molecule has 25 heavy (non-hydrogen) atoms. The van der Waals surface area contributed by atoms with Crippen LogP contribution in [0.2, 0.25) is 0 Å². The van der Waals surface area contributed by atoms with Crippen molar-refractivity contribution in [2.75, 3.05) is 0 Å². The van der Waals surface area contributed by atoms with Gasteiger partial charge in [0.2, 0.25) is 0 Å². The molecule has 0 unspecified atom stereocenters. The molecule has 2 rings (SSSR count). The van der Waals surface area contributed by atoms with Gasteiger partial charge in [-0.2, -0.15) is 5.10 Å². The van der Waals surface area contributed by atoms with Crippen molar-refractivity contribution in [1.29, 1.82) is 0 Å². The molecule has 0 aliphatic rings. The monoisotopic (exact) mass is 410 g/mol. The summed E-state index contributed by atoms with van der Waals surface area (Å²) in [5.41, 5.74) is 0.0407. The molecule has 1 amide bonds. The van der Waals surface area contributed by atoms with E-state index >= 15 is 0 Å². The Bertz CT molecular complexity index is 734. The molecular formula is C17H20BrFN4O2. The van der Waals surface area contributed by atoms with Crippen LogP contribution in [-0.2, 0) is 11.3 Å². The molecular weight excluding hydrogens is 391 g/mol. The van der Waals surface area contributed by atoms with E-state index in [9.17, 15) is 9.18 Å². The van der Waals surface area contributed by atoms with Gasteiger partial charge in [0.25, 0.3) is 0 Å². The Hall–Kier alpha value is -2.09. The number of nitrogens with zero attached hydrogens (tertiary/aromatic N) is 4. The molecule has 0 spiro atoms. The van der Waals surface area contributed by atoms with Crippen LogP contribution < -0.4 is 0 Å². The SMILES string of the molecule is C[C@H](c1ncccc1F)N(Cc1ccc(Br)nn1)C(=O)OC(C)(C)C. The summed E-state index contributed by atoms with van der Waals surface area (Å²) in [5, 5.41) is 7.95. The fraction of sp³-hybridized carbons (Fsp3) is 0.412. The Morgan fingerprint density at radius 2 is 2.04 bits per heavy atom. The van der Waals surface area contributed by atoms with Crippen LogP contribution in [0.25, 0.3) is 0 Å². The molecule has 0 saturated carbocycles. The standard InChI is InChI=1S/C17H20BrFN4O2/c1-11(15-13(19)6-5-9-20-15)23(16(24)25-17(2,3)4)10-12-7-8-14(18)22-21-12/h5-9,11H,10H2,1-4H3/t11-/m1/s1. The smallest absolute Gasteiger partial charge is 0.411 e. The quantitative estimate of drug-likeness (QED) is 0.752. The van der Waals surface area contributed by atoms with E-state index in [-0.39, 0.29) is 12.2 Å². The molecule has 1 atom stereocenters. The molecule has 0 radical (unpaired) electrons. The van der Waals surface area contributed by atoms with E-state index in [0.29, 0.717) is 10.3 Å². The summed E-state index contributed by atoms with van der Waals surface area (Å²) in [4.78, 5) is 18.1. The normalized spacial score (nSPS) is 12.6. The van der Waals surface area contributed by atoms with E-state index in [1.54, 1.807) is 39.8 Å². The van der Waals surface area contributed by atoms with E-state index < -0.39 is 23.6 Å². The Balaban J connectivity index is 2.32. The number of rotatable bonds is 4. The van der Waals surface area contributed by atoms with Gasteiger partial charge in [-0.15, -0.1) is 5.10 Å². The van der Waals surface area contributed by atoms with E-state index in [0.717, 1.165) is 0 Å². The second kappa shape index (κ2) is 7.86. The molecule has 0 aromatic carbocycles. The van der Waals surface area contributed by atoms with Crippen molar-refractivity contribution >= 4 is 22.0 Å². The zero-order valence-electron chi connectivity index (χ0n) is 14.5. The number of hydrogen-bond donors (Lipinski definition) is 0. The van der Waals surface area contributed by atoms with Gasteiger partial charge < -0.3 is 4.74 Å². The molecule has 2 aromatic rings. The lowest BCUT2D eigenvalue weighted by molar-refractivity contribution is 0.0143. The first kappa shape index (κ1) is 19.2. The molecule has 0 bridgehead atoms. The number of hydrogen-bond acceptors (Lipinski definition) is 5. The zero-order valence-corrected chi connectivity index (χ0v) is 16.1. The molecule has 2 aromatic heterocycles. The molecule has 0 N–H and O–H groups in total. The van der Waals surface area contributed by atoms with Gasteiger partial charge in [0.15, 0.2) is 0 Å². The lowest BCUT2D eigenvalue weighted by Crippen LogP contribution is -2.38. The predicted octanol–water partition coefficient (Wildman–Crippen LogP) is 4.27. The van der Waals surface area contributed by atoms with Crippen molar-refractivity contribution in [3.8, 4) is 0 Å². The highest BCUT2D eigenvalue weighted by atomic mass is 79.9. The van der Waals surface area contributed by atoms with Crippen molar-refractivity contribution in [3.63, 3.8) is 0 Å². The Labute approximate surface area is 154 Å². The number of amides is 1. The van der Waals surface area contributed by atoms with Crippen molar-refractivity contribution in [2.24, 2.45) is 0 Å². The third-order valence-electron chi connectivity index (χ3n) is 3.30. The summed E-state index contributed by atoms with van der Waals surface area (Å²) in [7, 11) is 0. The zero-order chi connectivity index (χ0) is 18.6. The van der Waals surface area contributed by atoms with E-state index in [1.807, 2.05) is 0 Å². The van der Waals surface area contributed by atoms with Crippen LogP contribution in [0, 0.1) is 5.82 Å². The van der Waals surface area contributed by atoms with Crippen molar-refractivity contribution in [3.05, 3.63) is 52.3 Å². The highest BCUT2D eigenvalue weighted by molar-refractivity contribution is 9.10. The second-order valence-electron chi connectivity index (χ2n) is 6.50. The number of ether oxygens (including phenoxy) is 1. The molecule has 134 valence electrons. The van der Waals surface area contributed by atoms with Crippen LogP contribution >= 0.6 is 15.9 Å².